The van der Waals surface area contributed by atoms with Crippen LogP contribution in [0.5, 0.6) is 0 Å². The van der Waals surface area contributed by atoms with Gasteiger partial charge in [-0.15, -0.1) is 0 Å². The predicted molar refractivity (Wildman–Crippen MR) is 75.4 cm³/mol. The molecule has 0 radical (unpaired) electrons. The maximum absolute atomic E-state index is 14.0. The second-order valence-electron chi connectivity index (χ2n) is 4.36. The lowest BCUT2D eigenvalue weighted by molar-refractivity contribution is 0.565. The van der Waals surface area contributed by atoms with Gasteiger partial charge in [-0.1, -0.05) is 0 Å². The number of halogens is 2. The Hall–Kier alpha value is -0.810. The van der Waals surface area contributed by atoms with Crippen LogP contribution in [0.25, 0.3) is 0 Å². The number of benzene rings is 1. The minimum atomic E-state index is -0.520. The number of nitrogens with two attached hydrogens (primary N) is 1. The largest absolute Gasteiger partial charge is 0.366 e. The maximum atomic E-state index is 14.0. The molecule has 18 heavy (non-hydrogen) atoms. The van der Waals surface area contributed by atoms with Gasteiger partial charge in [-0.2, -0.15) is 11.8 Å². The van der Waals surface area contributed by atoms with Crippen LogP contribution in [0.3, 0.4) is 0 Å². The summed E-state index contributed by atoms with van der Waals surface area (Å²) < 4.78 is 27.9. The van der Waals surface area contributed by atoms with E-state index in [2.05, 4.69) is 0 Å². The van der Waals surface area contributed by atoms with Gasteiger partial charge in [0.25, 0.3) is 0 Å². The van der Waals surface area contributed by atoms with Gasteiger partial charge in [-0.3, -0.25) is 0 Å². The minimum Gasteiger partial charge on any atom is -0.366 e. The first-order valence-corrected chi connectivity index (χ1v) is 7.30. The molecule has 0 aliphatic carbocycles. The summed E-state index contributed by atoms with van der Waals surface area (Å²) in [6, 6.07) is 2.81. The van der Waals surface area contributed by atoms with Crippen LogP contribution in [0, 0.1) is 11.6 Å². The van der Waals surface area contributed by atoms with E-state index in [0.717, 1.165) is 5.75 Å². The van der Waals surface area contributed by atoms with Crippen LogP contribution in [-0.2, 0) is 6.42 Å². The van der Waals surface area contributed by atoms with E-state index in [1.165, 1.54) is 12.1 Å². The van der Waals surface area contributed by atoms with Crippen molar-refractivity contribution in [2.24, 2.45) is 5.73 Å². The summed E-state index contributed by atoms with van der Waals surface area (Å²) >= 11 is 1.65. The Labute approximate surface area is 112 Å². The SMILES string of the molecule is CSCC(C)N(C)c1c(F)cc(CCN)cc1F. The van der Waals surface area contributed by atoms with Crippen molar-refractivity contribution in [1.82, 2.24) is 0 Å². The highest BCUT2D eigenvalue weighted by Gasteiger charge is 2.18. The Bertz CT molecular complexity index is 376. The third kappa shape index (κ3) is 3.59. The highest BCUT2D eigenvalue weighted by atomic mass is 32.2. The Kier molecular flexibility index (Phi) is 5.88. The molecule has 5 heteroatoms. The second-order valence-corrected chi connectivity index (χ2v) is 5.27. The van der Waals surface area contributed by atoms with Crippen LogP contribution >= 0.6 is 11.8 Å². The van der Waals surface area contributed by atoms with Crippen molar-refractivity contribution in [3.63, 3.8) is 0 Å². The topological polar surface area (TPSA) is 29.3 Å². The molecule has 1 aromatic rings. The quantitative estimate of drug-likeness (QED) is 0.864. The Morgan fingerprint density at radius 2 is 1.89 bits per heavy atom. The van der Waals surface area contributed by atoms with Crippen molar-refractivity contribution in [3.05, 3.63) is 29.3 Å². The van der Waals surface area contributed by atoms with Gasteiger partial charge in [0.2, 0.25) is 0 Å². The lowest BCUT2D eigenvalue weighted by atomic mass is 10.1. The van der Waals surface area contributed by atoms with Crippen LogP contribution in [0.4, 0.5) is 14.5 Å². The molecule has 102 valence electrons. The Balaban J connectivity index is 3.02. The van der Waals surface area contributed by atoms with Crippen LogP contribution in [0.2, 0.25) is 0 Å². The molecule has 1 unspecified atom stereocenters. The average Bonchev–Trinajstić information content (AvgIpc) is 2.28. The van der Waals surface area contributed by atoms with E-state index in [4.69, 9.17) is 5.73 Å². The molecule has 0 aliphatic heterocycles. The minimum absolute atomic E-state index is 0.0392. The molecule has 0 fully saturated rings. The average molecular weight is 274 g/mol. The first kappa shape index (κ1) is 15.2. The first-order chi connectivity index (χ1) is 8.51. The maximum Gasteiger partial charge on any atom is 0.149 e. The molecular formula is C13H20F2N2S. The summed E-state index contributed by atoms with van der Waals surface area (Å²) in [5, 5.41) is 0. The smallest absolute Gasteiger partial charge is 0.149 e. The zero-order valence-electron chi connectivity index (χ0n) is 11.0. The van der Waals surface area contributed by atoms with Crippen molar-refractivity contribution in [3.8, 4) is 0 Å². The van der Waals surface area contributed by atoms with Gasteiger partial charge in [0.1, 0.15) is 17.3 Å². The van der Waals surface area contributed by atoms with E-state index in [1.54, 1.807) is 23.7 Å². The van der Waals surface area contributed by atoms with Gasteiger partial charge in [-0.25, -0.2) is 8.78 Å². The van der Waals surface area contributed by atoms with E-state index >= 15 is 0 Å². The fraction of sp³-hybridized carbons (Fsp3) is 0.538. The number of nitrogens with zero attached hydrogens (tertiary/aromatic N) is 1. The fourth-order valence-electron chi connectivity index (χ4n) is 1.84. The highest BCUT2D eigenvalue weighted by Crippen LogP contribution is 2.26. The molecule has 0 aliphatic rings. The van der Waals surface area contributed by atoms with E-state index in [9.17, 15) is 8.78 Å². The van der Waals surface area contributed by atoms with E-state index in [-0.39, 0.29) is 11.7 Å². The Morgan fingerprint density at radius 1 is 1.33 bits per heavy atom. The van der Waals surface area contributed by atoms with Crippen LogP contribution in [-0.4, -0.2) is 31.6 Å². The standard InChI is InChI=1S/C13H20F2N2S/c1-9(8-18-3)17(2)13-11(14)6-10(4-5-16)7-12(13)15/h6-7,9H,4-5,8,16H2,1-3H3. The number of hydrogen-bond acceptors (Lipinski definition) is 3. The summed E-state index contributed by atoms with van der Waals surface area (Å²) in [5.74, 6) is -0.220. The van der Waals surface area contributed by atoms with Gasteiger partial charge in [0.05, 0.1) is 0 Å². The van der Waals surface area contributed by atoms with E-state index in [0.29, 0.717) is 18.5 Å². The molecule has 2 N–H and O–H groups in total. The molecule has 0 saturated heterocycles. The van der Waals surface area contributed by atoms with Crippen LogP contribution in [0.1, 0.15) is 12.5 Å². The molecule has 0 saturated carbocycles. The second kappa shape index (κ2) is 6.95. The van der Waals surface area contributed by atoms with Crippen LogP contribution < -0.4 is 10.6 Å². The zero-order valence-corrected chi connectivity index (χ0v) is 11.9. The van der Waals surface area contributed by atoms with Crippen molar-refractivity contribution in [1.29, 1.82) is 0 Å². The van der Waals surface area contributed by atoms with Crippen molar-refractivity contribution < 1.29 is 8.78 Å². The third-order valence-corrected chi connectivity index (χ3v) is 3.75. The molecule has 0 bridgehead atoms. The van der Waals surface area contributed by atoms with Crippen molar-refractivity contribution >= 4 is 17.4 Å². The van der Waals surface area contributed by atoms with Gasteiger partial charge in [0.15, 0.2) is 0 Å². The lowest BCUT2D eigenvalue weighted by Crippen LogP contribution is -2.32. The summed E-state index contributed by atoms with van der Waals surface area (Å²) in [6.45, 7) is 2.33. The van der Waals surface area contributed by atoms with Crippen LogP contribution in [0.15, 0.2) is 12.1 Å². The predicted octanol–water partition coefficient (Wildman–Crippen LogP) is 2.65. The van der Waals surface area contributed by atoms with Gasteiger partial charge < -0.3 is 10.6 Å². The summed E-state index contributed by atoms with van der Waals surface area (Å²) in [7, 11) is 1.71. The molecule has 0 spiro atoms. The molecule has 1 atom stereocenters. The monoisotopic (exact) mass is 274 g/mol. The van der Waals surface area contributed by atoms with Crippen molar-refractivity contribution in [2.45, 2.75) is 19.4 Å². The van der Waals surface area contributed by atoms with Gasteiger partial charge in [-0.05, 0) is 43.8 Å². The molecule has 2 nitrogen and oxygen atoms in total. The Morgan fingerprint density at radius 3 is 2.33 bits per heavy atom. The van der Waals surface area contributed by atoms with E-state index in [1.807, 2.05) is 13.2 Å². The first-order valence-electron chi connectivity index (χ1n) is 5.91. The number of thioether (sulfide) groups is 1. The molecule has 1 rings (SSSR count). The number of anilines is 1. The molecule has 1 aromatic carbocycles. The summed E-state index contributed by atoms with van der Waals surface area (Å²) in [6.07, 6.45) is 2.46. The lowest BCUT2D eigenvalue weighted by Gasteiger charge is -2.27. The summed E-state index contributed by atoms with van der Waals surface area (Å²) in [4.78, 5) is 1.65. The molecule has 0 heterocycles. The number of hydrogen-bond donors (Lipinski definition) is 1. The molecule has 0 amide bonds. The van der Waals surface area contributed by atoms with Gasteiger partial charge >= 0.3 is 0 Å². The third-order valence-electron chi connectivity index (χ3n) is 2.93. The zero-order chi connectivity index (χ0) is 13.7. The highest BCUT2D eigenvalue weighted by molar-refractivity contribution is 7.98. The molecule has 0 aromatic heterocycles. The van der Waals surface area contributed by atoms with Gasteiger partial charge in [0, 0.05) is 18.8 Å². The van der Waals surface area contributed by atoms with E-state index < -0.39 is 11.6 Å². The normalized spacial score (nSPS) is 12.6. The number of rotatable bonds is 6. The molecular weight excluding hydrogens is 254 g/mol. The van der Waals surface area contributed by atoms with Crippen molar-refractivity contribution in [2.75, 3.05) is 30.5 Å². The summed E-state index contributed by atoms with van der Waals surface area (Å²) in [5.41, 5.74) is 6.03. The fourth-order valence-corrected chi connectivity index (χ4v) is 2.55.